The zero-order valence-electron chi connectivity index (χ0n) is 6.44. The lowest BCUT2D eigenvalue weighted by atomic mass is 10.4. The quantitative estimate of drug-likeness (QED) is 0.417. The molecule has 0 radical (unpaired) electrons. The molecular formula is C6H8N4S2. The second-order valence-corrected chi connectivity index (χ2v) is 3.36. The van der Waals surface area contributed by atoms with Crippen LogP contribution in [0.4, 0.5) is 0 Å². The van der Waals surface area contributed by atoms with Gasteiger partial charge in [-0.25, -0.2) is 4.98 Å². The number of nitrogens with two attached hydrogens (primary N) is 1. The monoisotopic (exact) mass is 200 g/mol. The van der Waals surface area contributed by atoms with Gasteiger partial charge in [-0.3, -0.25) is 5.43 Å². The molecule has 0 aliphatic heterocycles. The van der Waals surface area contributed by atoms with E-state index in [1.165, 1.54) is 11.3 Å². The lowest BCUT2D eigenvalue weighted by Crippen LogP contribution is -2.23. The molecule has 3 N–H and O–H groups in total. The Labute approximate surface area is 79.5 Å². The van der Waals surface area contributed by atoms with Gasteiger partial charge in [0.15, 0.2) is 5.11 Å². The molecule has 1 aromatic rings. The third-order valence-corrected chi connectivity index (χ3v) is 2.10. The highest BCUT2D eigenvalue weighted by molar-refractivity contribution is 7.80. The van der Waals surface area contributed by atoms with Gasteiger partial charge in [0.1, 0.15) is 0 Å². The second-order valence-electron chi connectivity index (χ2n) is 2.04. The van der Waals surface area contributed by atoms with Gasteiger partial charge in [-0.15, -0.1) is 11.3 Å². The van der Waals surface area contributed by atoms with Crippen molar-refractivity contribution >= 4 is 34.9 Å². The van der Waals surface area contributed by atoms with Gasteiger partial charge >= 0.3 is 0 Å². The summed E-state index contributed by atoms with van der Waals surface area (Å²) in [6.45, 7) is 1.92. The van der Waals surface area contributed by atoms with Crippen LogP contribution in [0.15, 0.2) is 10.6 Å². The first-order valence-corrected chi connectivity index (χ1v) is 4.47. The Hall–Kier alpha value is -1.01. The van der Waals surface area contributed by atoms with Crippen LogP contribution in [-0.2, 0) is 0 Å². The number of rotatable bonds is 2. The number of hydrazone groups is 1. The van der Waals surface area contributed by atoms with E-state index in [4.69, 9.17) is 5.73 Å². The largest absolute Gasteiger partial charge is 0.375 e. The minimum absolute atomic E-state index is 0.161. The average Bonchev–Trinajstić information content (AvgIpc) is 2.36. The van der Waals surface area contributed by atoms with Gasteiger partial charge in [0.2, 0.25) is 0 Å². The highest BCUT2D eigenvalue weighted by atomic mass is 32.1. The smallest absolute Gasteiger partial charge is 0.184 e. The number of aryl methyl sites for hydroxylation is 1. The first-order chi connectivity index (χ1) is 5.70. The zero-order chi connectivity index (χ0) is 8.97. The number of aromatic nitrogens is 1. The maximum atomic E-state index is 5.16. The SMILES string of the molecule is Cc1ncsc1/C=N\NC(N)=S. The topological polar surface area (TPSA) is 63.3 Å². The zero-order valence-corrected chi connectivity index (χ0v) is 8.08. The highest BCUT2D eigenvalue weighted by Gasteiger charge is 1.95. The first kappa shape index (κ1) is 9.08. The second kappa shape index (κ2) is 4.13. The Morgan fingerprint density at radius 3 is 3.17 bits per heavy atom. The number of thiazole rings is 1. The van der Waals surface area contributed by atoms with Crippen LogP contribution >= 0.6 is 23.6 Å². The Bertz CT molecular complexity index is 304. The summed E-state index contributed by atoms with van der Waals surface area (Å²) in [6, 6.07) is 0. The van der Waals surface area contributed by atoms with Crippen molar-refractivity contribution in [1.29, 1.82) is 0 Å². The van der Waals surface area contributed by atoms with Crippen molar-refractivity contribution in [3.63, 3.8) is 0 Å². The number of nitrogens with one attached hydrogen (secondary N) is 1. The Kier molecular flexibility index (Phi) is 3.12. The summed E-state index contributed by atoms with van der Waals surface area (Å²) in [5.74, 6) is 0. The molecule has 6 heteroatoms. The van der Waals surface area contributed by atoms with Crippen LogP contribution in [0.2, 0.25) is 0 Å². The molecule has 0 saturated carbocycles. The van der Waals surface area contributed by atoms with Gasteiger partial charge in [-0.2, -0.15) is 5.10 Å². The predicted octanol–water partition coefficient (Wildman–Crippen LogP) is 0.619. The van der Waals surface area contributed by atoms with Crippen LogP contribution in [0.1, 0.15) is 10.6 Å². The minimum Gasteiger partial charge on any atom is -0.375 e. The van der Waals surface area contributed by atoms with Crippen molar-refractivity contribution in [2.24, 2.45) is 10.8 Å². The molecule has 0 atom stereocenters. The Balaban J connectivity index is 2.57. The maximum absolute atomic E-state index is 5.16. The number of hydrogen-bond acceptors (Lipinski definition) is 4. The molecule has 0 amide bonds. The molecule has 4 nitrogen and oxygen atoms in total. The van der Waals surface area contributed by atoms with E-state index in [0.717, 1.165) is 10.6 Å². The summed E-state index contributed by atoms with van der Waals surface area (Å²) in [6.07, 6.45) is 1.64. The predicted molar refractivity (Wildman–Crippen MR) is 54.4 cm³/mol. The van der Waals surface area contributed by atoms with Gasteiger partial charge < -0.3 is 5.73 Å². The third-order valence-electron chi connectivity index (χ3n) is 1.14. The van der Waals surface area contributed by atoms with Crippen LogP contribution in [0.25, 0.3) is 0 Å². The van der Waals surface area contributed by atoms with Crippen molar-refractivity contribution in [3.8, 4) is 0 Å². The van der Waals surface area contributed by atoms with Crippen molar-refractivity contribution < 1.29 is 0 Å². The molecule has 12 heavy (non-hydrogen) atoms. The van der Waals surface area contributed by atoms with Crippen molar-refractivity contribution in [1.82, 2.24) is 10.4 Å². The standard InChI is InChI=1S/C6H8N4S2/c1-4-5(12-3-8-4)2-9-10-6(7)11/h2-3H,1H3,(H3,7,10,11)/b9-2-. The van der Waals surface area contributed by atoms with Crippen LogP contribution in [0.3, 0.4) is 0 Å². The van der Waals surface area contributed by atoms with E-state index in [0.29, 0.717) is 0 Å². The lowest BCUT2D eigenvalue weighted by molar-refractivity contribution is 1.04. The maximum Gasteiger partial charge on any atom is 0.184 e. The molecule has 0 aliphatic rings. The van der Waals surface area contributed by atoms with E-state index < -0.39 is 0 Å². The molecule has 0 saturated heterocycles. The summed E-state index contributed by atoms with van der Waals surface area (Å²) in [4.78, 5) is 5.05. The van der Waals surface area contributed by atoms with E-state index in [-0.39, 0.29) is 5.11 Å². The van der Waals surface area contributed by atoms with Crippen molar-refractivity contribution in [2.45, 2.75) is 6.92 Å². The van der Waals surface area contributed by atoms with E-state index >= 15 is 0 Å². The van der Waals surface area contributed by atoms with Crippen LogP contribution in [-0.4, -0.2) is 16.3 Å². The molecule has 0 aromatic carbocycles. The van der Waals surface area contributed by atoms with E-state index in [9.17, 15) is 0 Å². The van der Waals surface area contributed by atoms with Gasteiger partial charge in [0, 0.05) is 0 Å². The minimum atomic E-state index is 0.161. The van der Waals surface area contributed by atoms with E-state index in [1.807, 2.05) is 6.92 Å². The summed E-state index contributed by atoms with van der Waals surface area (Å²) in [7, 11) is 0. The van der Waals surface area contributed by atoms with E-state index in [2.05, 4.69) is 27.7 Å². The Morgan fingerprint density at radius 2 is 2.67 bits per heavy atom. The average molecular weight is 200 g/mol. The molecule has 0 spiro atoms. The molecule has 0 unspecified atom stereocenters. The van der Waals surface area contributed by atoms with Crippen LogP contribution in [0.5, 0.6) is 0 Å². The van der Waals surface area contributed by atoms with Gasteiger partial charge in [-0.1, -0.05) is 0 Å². The molecule has 64 valence electrons. The highest BCUT2D eigenvalue weighted by Crippen LogP contribution is 2.07. The van der Waals surface area contributed by atoms with E-state index in [1.54, 1.807) is 11.7 Å². The third kappa shape index (κ3) is 2.55. The fourth-order valence-corrected chi connectivity index (χ4v) is 1.30. The summed E-state index contributed by atoms with van der Waals surface area (Å²) >= 11 is 6.08. The molecule has 0 fully saturated rings. The molecule has 1 aromatic heterocycles. The molecule has 0 bridgehead atoms. The molecule has 1 heterocycles. The van der Waals surface area contributed by atoms with Crippen molar-refractivity contribution in [2.75, 3.05) is 0 Å². The molecule has 1 rings (SSSR count). The molecule has 0 aliphatic carbocycles. The molecular weight excluding hydrogens is 192 g/mol. The van der Waals surface area contributed by atoms with Crippen molar-refractivity contribution in [3.05, 3.63) is 16.1 Å². The fourth-order valence-electron chi connectivity index (χ4n) is 0.589. The van der Waals surface area contributed by atoms with Crippen LogP contribution < -0.4 is 11.2 Å². The summed E-state index contributed by atoms with van der Waals surface area (Å²) in [5, 5.41) is 3.96. The lowest BCUT2D eigenvalue weighted by Gasteiger charge is -1.92. The van der Waals surface area contributed by atoms with Gasteiger partial charge in [0.05, 0.1) is 22.3 Å². The number of hydrogen-bond donors (Lipinski definition) is 2. The van der Waals surface area contributed by atoms with Gasteiger partial charge in [0.25, 0.3) is 0 Å². The summed E-state index contributed by atoms with van der Waals surface area (Å²) < 4.78 is 0. The van der Waals surface area contributed by atoms with Crippen LogP contribution in [0, 0.1) is 6.92 Å². The summed E-state index contributed by atoms with van der Waals surface area (Å²) in [5.41, 5.74) is 10.3. The number of nitrogens with zero attached hydrogens (tertiary/aromatic N) is 2. The van der Waals surface area contributed by atoms with Gasteiger partial charge in [-0.05, 0) is 19.1 Å². The number of thiocarbonyl (C=S) groups is 1. The fraction of sp³-hybridized carbons (Fsp3) is 0.167. The Morgan fingerprint density at radius 1 is 1.92 bits per heavy atom. The normalized spacial score (nSPS) is 10.4. The first-order valence-electron chi connectivity index (χ1n) is 3.18.